The van der Waals surface area contributed by atoms with Crippen LogP contribution < -0.4 is 0 Å². The molecule has 2 heterocycles. The number of nitrogens with zero attached hydrogens (tertiary/aromatic N) is 2. The number of hydrogen-bond acceptors (Lipinski definition) is 3. The van der Waals surface area contributed by atoms with Gasteiger partial charge in [-0.15, -0.1) is 0 Å². The lowest BCUT2D eigenvalue weighted by molar-refractivity contribution is 0.263. The van der Waals surface area contributed by atoms with Gasteiger partial charge in [0.15, 0.2) is 0 Å². The Hall–Kier alpha value is -2.23. The molecule has 1 fully saturated rings. The second-order valence-corrected chi connectivity index (χ2v) is 6.89. The molecule has 1 saturated heterocycles. The molecule has 3 heteroatoms. The Labute approximate surface area is 148 Å². The largest absolute Gasteiger partial charge is 0.392 e. The molecule has 0 bridgehead atoms. The van der Waals surface area contributed by atoms with E-state index in [4.69, 9.17) is 4.98 Å². The van der Waals surface area contributed by atoms with E-state index in [2.05, 4.69) is 36.1 Å². The van der Waals surface area contributed by atoms with Crippen molar-refractivity contribution >= 4 is 10.9 Å². The molecule has 0 saturated carbocycles. The first kappa shape index (κ1) is 16.2. The summed E-state index contributed by atoms with van der Waals surface area (Å²) in [5.74, 6) is 0. The zero-order valence-electron chi connectivity index (χ0n) is 14.7. The number of rotatable bonds is 4. The zero-order valence-corrected chi connectivity index (χ0v) is 14.7. The standard InChI is InChI=1S/C22H24N2O/c1-16(24-11-4-5-12-24)17-8-6-9-19(13-17)22-20(15-25)14-18-7-2-3-10-21(18)23-22/h2-3,6-10,13-14,16,25H,4-5,11-12,15H2,1H3/t16-/m1/s1. The van der Waals surface area contributed by atoms with Crippen molar-refractivity contribution in [2.75, 3.05) is 13.1 Å². The van der Waals surface area contributed by atoms with E-state index in [0.29, 0.717) is 6.04 Å². The van der Waals surface area contributed by atoms with E-state index < -0.39 is 0 Å². The van der Waals surface area contributed by atoms with Gasteiger partial charge in [-0.05, 0) is 56.6 Å². The Morgan fingerprint density at radius 2 is 1.84 bits per heavy atom. The SMILES string of the molecule is C[C@H](c1cccc(-c2nc3ccccc3cc2CO)c1)N1CCCC1. The van der Waals surface area contributed by atoms with Crippen molar-refractivity contribution in [3.63, 3.8) is 0 Å². The Morgan fingerprint density at radius 1 is 1.04 bits per heavy atom. The zero-order chi connectivity index (χ0) is 17.2. The summed E-state index contributed by atoms with van der Waals surface area (Å²) in [5.41, 5.74) is 5.13. The normalized spacial score (nSPS) is 16.4. The number of aliphatic hydroxyl groups is 1. The molecule has 0 radical (unpaired) electrons. The van der Waals surface area contributed by atoms with Crippen molar-refractivity contribution in [1.29, 1.82) is 0 Å². The van der Waals surface area contributed by atoms with Crippen LogP contribution in [0.2, 0.25) is 0 Å². The minimum absolute atomic E-state index is 0.000919. The number of aromatic nitrogens is 1. The Bertz CT molecular complexity index is 884. The average molecular weight is 332 g/mol. The van der Waals surface area contributed by atoms with Gasteiger partial charge in [-0.3, -0.25) is 4.90 Å². The Kier molecular flexibility index (Phi) is 4.51. The first-order chi connectivity index (χ1) is 12.3. The summed E-state index contributed by atoms with van der Waals surface area (Å²) in [7, 11) is 0. The number of aliphatic hydroxyl groups excluding tert-OH is 1. The van der Waals surface area contributed by atoms with Gasteiger partial charge in [0.25, 0.3) is 0 Å². The third-order valence-electron chi connectivity index (χ3n) is 5.30. The van der Waals surface area contributed by atoms with Crippen LogP contribution in [0, 0.1) is 0 Å². The summed E-state index contributed by atoms with van der Waals surface area (Å²) in [6.07, 6.45) is 2.59. The predicted octanol–water partition coefficient (Wildman–Crippen LogP) is 4.55. The van der Waals surface area contributed by atoms with Gasteiger partial charge in [0.2, 0.25) is 0 Å². The van der Waals surface area contributed by atoms with Crippen LogP contribution >= 0.6 is 0 Å². The number of likely N-dealkylation sites (tertiary alicyclic amines) is 1. The first-order valence-electron chi connectivity index (χ1n) is 9.10. The molecule has 25 heavy (non-hydrogen) atoms. The molecular formula is C22H24N2O. The topological polar surface area (TPSA) is 36.4 Å². The van der Waals surface area contributed by atoms with Gasteiger partial charge in [0.1, 0.15) is 0 Å². The van der Waals surface area contributed by atoms with Crippen LogP contribution in [0.3, 0.4) is 0 Å². The molecule has 1 aromatic heterocycles. The number of pyridine rings is 1. The molecule has 2 aromatic carbocycles. The molecule has 0 amide bonds. The van der Waals surface area contributed by atoms with E-state index in [1.54, 1.807) is 0 Å². The second kappa shape index (κ2) is 6.95. The molecule has 1 atom stereocenters. The van der Waals surface area contributed by atoms with E-state index in [1.165, 1.54) is 31.5 Å². The molecule has 0 spiro atoms. The van der Waals surface area contributed by atoms with Crippen molar-refractivity contribution in [3.8, 4) is 11.3 Å². The monoisotopic (exact) mass is 332 g/mol. The molecule has 0 unspecified atom stereocenters. The van der Waals surface area contributed by atoms with E-state index in [1.807, 2.05) is 30.3 Å². The van der Waals surface area contributed by atoms with Gasteiger partial charge >= 0.3 is 0 Å². The van der Waals surface area contributed by atoms with Gasteiger partial charge in [0, 0.05) is 22.6 Å². The molecule has 1 aliphatic heterocycles. The molecule has 128 valence electrons. The Balaban J connectivity index is 1.76. The van der Waals surface area contributed by atoms with Crippen LogP contribution in [0.25, 0.3) is 22.2 Å². The van der Waals surface area contributed by atoms with Crippen LogP contribution in [-0.2, 0) is 6.61 Å². The maximum atomic E-state index is 9.84. The summed E-state index contributed by atoms with van der Waals surface area (Å²) in [6, 6.07) is 19.2. The first-order valence-corrected chi connectivity index (χ1v) is 9.10. The number of hydrogen-bond donors (Lipinski definition) is 1. The summed E-state index contributed by atoms with van der Waals surface area (Å²) < 4.78 is 0. The highest BCUT2D eigenvalue weighted by Gasteiger charge is 2.20. The second-order valence-electron chi connectivity index (χ2n) is 6.89. The van der Waals surface area contributed by atoms with Gasteiger partial charge in [-0.1, -0.05) is 36.4 Å². The maximum absolute atomic E-state index is 9.84. The van der Waals surface area contributed by atoms with Crippen LogP contribution in [-0.4, -0.2) is 28.1 Å². The summed E-state index contributed by atoms with van der Waals surface area (Å²) in [4.78, 5) is 7.38. The van der Waals surface area contributed by atoms with E-state index >= 15 is 0 Å². The van der Waals surface area contributed by atoms with Crippen molar-refractivity contribution in [2.24, 2.45) is 0 Å². The minimum atomic E-state index is -0.000919. The van der Waals surface area contributed by atoms with Crippen molar-refractivity contribution in [2.45, 2.75) is 32.4 Å². The van der Waals surface area contributed by atoms with E-state index in [0.717, 1.165) is 27.7 Å². The van der Waals surface area contributed by atoms with Crippen LogP contribution in [0.5, 0.6) is 0 Å². The van der Waals surface area contributed by atoms with Gasteiger partial charge in [0.05, 0.1) is 17.8 Å². The molecule has 3 nitrogen and oxygen atoms in total. The lowest BCUT2D eigenvalue weighted by atomic mass is 9.99. The highest BCUT2D eigenvalue weighted by molar-refractivity contribution is 5.83. The number of para-hydroxylation sites is 1. The summed E-state index contributed by atoms with van der Waals surface area (Å²) >= 11 is 0. The van der Waals surface area contributed by atoms with E-state index in [-0.39, 0.29) is 6.61 Å². The van der Waals surface area contributed by atoms with Gasteiger partial charge in [-0.2, -0.15) is 0 Å². The quantitative estimate of drug-likeness (QED) is 0.761. The summed E-state index contributed by atoms with van der Waals surface area (Å²) in [6.45, 7) is 4.65. The van der Waals surface area contributed by atoms with Crippen LogP contribution in [0.1, 0.15) is 36.9 Å². The fourth-order valence-electron chi connectivity index (χ4n) is 3.82. The average Bonchev–Trinajstić information content (AvgIpc) is 3.21. The van der Waals surface area contributed by atoms with Crippen molar-refractivity contribution in [3.05, 3.63) is 65.7 Å². The van der Waals surface area contributed by atoms with Crippen molar-refractivity contribution < 1.29 is 5.11 Å². The maximum Gasteiger partial charge on any atom is 0.0764 e. The molecule has 4 rings (SSSR count). The molecular weight excluding hydrogens is 308 g/mol. The lowest BCUT2D eigenvalue weighted by Gasteiger charge is -2.24. The van der Waals surface area contributed by atoms with Crippen LogP contribution in [0.15, 0.2) is 54.6 Å². The predicted molar refractivity (Wildman–Crippen MR) is 102 cm³/mol. The summed E-state index contributed by atoms with van der Waals surface area (Å²) in [5, 5.41) is 10.9. The number of fused-ring (bicyclic) bond motifs is 1. The van der Waals surface area contributed by atoms with Gasteiger partial charge in [-0.25, -0.2) is 4.98 Å². The molecule has 1 N–H and O–H groups in total. The third-order valence-corrected chi connectivity index (χ3v) is 5.30. The highest BCUT2D eigenvalue weighted by atomic mass is 16.3. The fraction of sp³-hybridized carbons (Fsp3) is 0.318. The van der Waals surface area contributed by atoms with E-state index in [9.17, 15) is 5.11 Å². The van der Waals surface area contributed by atoms with Gasteiger partial charge < -0.3 is 5.11 Å². The Morgan fingerprint density at radius 3 is 2.64 bits per heavy atom. The van der Waals surface area contributed by atoms with Crippen molar-refractivity contribution in [1.82, 2.24) is 9.88 Å². The number of benzene rings is 2. The smallest absolute Gasteiger partial charge is 0.0764 e. The highest BCUT2D eigenvalue weighted by Crippen LogP contribution is 2.30. The van der Waals surface area contributed by atoms with Crippen LogP contribution in [0.4, 0.5) is 0 Å². The fourth-order valence-corrected chi connectivity index (χ4v) is 3.82. The molecule has 3 aromatic rings. The lowest BCUT2D eigenvalue weighted by Crippen LogP contribution is -2.23. The third kappa shape index (κ3) is 3.17. The molecule has 1 aliphatic rings. The molecule has 0 aliphatic carbocycles. The minimum Gasteiger partial charge on any atom is -0.392 e.